The Morgan fingerprint density at radius 3 is 2.47 bits per heavy atom. The van der Waals surface area contributed by atoms with Gasteiger partial charge in [0.25, 0.3) is 0 Å². The molecular weight excluding hydrogens is 196 g/mol. The first kappa shape index (κ1) is 13.7. The molecule has 15 heavy (non-hydrogen) atoms. The van der Waals surface area contributed by atoms with Crippen LogP contribution in [0.3, 0.4) is 0 Å². The van der Waals surface area contributed by atoms with Crippen LogP contribution in [0, 0.1) is 0 Å². The maximum absolute atomic E-state index is 10.9. The van der Waals surface area contributed by atoms with Crippen LogP contribution < -0.4 is 10.6 Å². The van der Waals surface area contributed by atoms with E-state index in [1.807, 2.05) is 6.92 Å². The lowest BCUT2D eigenvalue weighted by Gasteiger charge is -2.05. The van der Waals surface area contributed by atoms with Crippen LogP contribution in [-0.2, 0) is 9.53 Å². The summed E-state index contributed by atoms with van der Waals surface area (Å²) in [4.78, 5) is 21.7. The van der Waals surface area contributed by atoms with E-state index < -0.39 is 0 Å². The molecule has 0 aromatic heterocycles. The SMILES string of the molecule is CCNC(=O)NCCCCCC(=O)OC. The minimum absolute atomic E-state index is 0.134. The van der Waals surface area contributed by atoms with Crippen LogP contribution in [0.4, 0.5) is 4.79 Å². The van der Waals surface area contributed by atoms with Crippen molar-refractivity contribution >= 4 is 12.0 Å². The van der Waals surface area contributed by atoms with Crippen molar-refractivity contribution in [1.82, 2.24) is 10.6 Å². The zero-order valence-electron chi connectivity index (χ0n) is 9.47. The lowest BCUT2D eigenvalue weighted by molar-refractivity contribution is -0.140. The van der Waals surface area contributed by atoms with Gasteiger partial charge < -0.3 is 15.4 Å². The molecule has 88 valence electrons. The van der Waals surface area contributed by atoms with Crippen molar-refractivity contribution < 1.29 is 14.3 Å². The zero-order chi connectivity index (χ0) is 11.5. The largest absolute Gasteiger partial charge is 0.469 e. The fourth-order valence-corrected chi connectivity index (χ4v) is 1.10. The molecule has 0 rings (SSSR count). The molecule has 2 N–H and O–H groups in total. The van der Waals surface area contributed by atoms with E-state index in [9.17, 15) is 9.59 Å². The standard InChI is InChI=1S/C10H20N2O3/c1-3-11-10(14)12-8-6-4-5-7-9(13)15-2/h3-8H2,1-2H3,(H2,11,12,14). The first-order chi connectivity index (χ1) is 7.20. The molecule has 0 aliphatic rings. The number of hydrogen-bond donors (Lipinski definition) is 2. The molecule has 0 spiro atoms. The molecule has 0 fully saturated rings. The van der Waals surface area contributed by atoms with Gasteiger partial charge >= 0.3 is 12.0 Å². The summed E-state index contributed by atoms with van der Waals surface area (Å²) in [7, 11) is 1.39. The molecule has 0 radical (unpaired) electrons. The summed E-state index contributed by atoms with van der Waals surface area (Å²) in [6, 6.07) is -0.134. The van der Waals surface area contributed by atoms with Gasteiger partial charge in [-0.25, -0.2) is 4.79 Å². The van der Waals surface area contributed by atoms with E-state index in [1.54, 1.807) is 0 Å². The predicted octanol–water partition coefficient (Wildman–Crippen LogP) is 1.04. The number of carbonyl (C=O) groups is 2. The lowest BCUT2D eigenvalue weighted by Crippen LogP contribution is -2.35. The molecule has 0 aromatic carbocycles. The van der Waals surface area contributed by atoms with Crippen LogP contribution in [0.25, 0.3) is 0 Å². The number of carbonyl (C=O) groups excluding carboxylic acids is 2. The van der Waals surface area contributed by atoms with Crippen molar-refractivity contribution in [3.05, 3.63) is 0 Å². The number of amides is 2. The van der Waals surface area contributed by atoms with Gasteiger partial charge in [0.1, 0.15) is 0 Å². The molecule has 0 saturated heterocycles. The third-order valence-electron chi connectivity index (χ3n) is 1.91. The molecule has 5 nitrogen and oxygen atoms in total. The van der Waals surface area contributed by atoms with Gasteiger partial charge in [-0.3, -0.25) is 4.79 Å². The molecule has 0 aromatic rings. The topological polar surface area (TPSA) is 67.4 Å². The van der Waals surface area contributed by atoms with Crippen molar-refractivity contribution in [3.63, 3.8) is 0 Å². The van der Waals surface area contributed by atoms with Crippen LogP contribution in [0.5, 0.6) is 0 Å². The second-order valence-corrected chi connectivity index (χ2v) is 3.17. The van der Waals surface area contributed by atoms with Crippen molar-refractivity contribution in [1.29, 1.82) is 0 Å². The average Bonchev–Trinajstić information content (AvgIpc) is 2.23. The number of ether oxygens (including phenoxy) is 1. The molecule has 0 heterocycles. The van der Waals surface area contributed by atoms with Gasteiger partial charge in [-0.2, -0.15) is 0 Å². The Labute approximate surface area is 90.6 Å². The molecule has 5 heteroatoms. The average molecular weight is 216 g/mol. The predicted molar refractivity (Wildman–Crippen MR) is 57.6 cm³/mol. The van der Waals surface area contributed by atoms with Gasteiger partial charge in [0, 0.05) is 19.5 Å². The Balaban J connectivity index is 3.18. The summed E-state index contributed by atoms with van der Waals surface area (Å²) in [6.07, 6.45) is 3.07. The number of methoxy groups -OCH3 is 1. The Morgan fingerprint density at radius 1 is 1.13 bits per heavy atom. The van der Waals surface area contributed by atoms with Gasteiger partial charge in [0.2, 0.25) is 0 Å². The highest BCUT2D eigenvalue weighted by Crippen LogP contribution is 1.99. The number of unbranched alkanes of at least 4 members (excludes halogenated alkanes) is 2. The smallest absolute Gasteiger partial charge is 0.314 e. The minimum Gasteiger partial charge on any atom is -0.469 e. The number of urea groups is 1. The van der Waals surface area contributed by atoms with Crippen LogP contribution in [-0.4, -0.2) is 32.2 Å². The normalized spacial score (nSPS) is 9.47. The van der Waals surface area contributed by atoms with Crippen LogP contribution in [0.15, 0.2) is 0 Å². The lowest BCUT2D eigenvalue weighted by atomic mass is 10.2. The van der Waals surface area contributed by atoms with Gasteiger partial charge in [0.05, 0.1) is 7.11 Å². The molecule has 0 atom stereocenters. The summed E-state index contributed by atoms with van der Waals surface area (Å²) in [5.74, 6) is -0.174. The number of hydrogen-bond acceptors (Lipinski definition) is 3. The van der Waals surface area contributed by atoms with E-state index >= 15 is 0 Å². The van der Waals surface area contributed by atoms with E-state index in [1.165, 1.54) is 7.11 Å². The maximum Gasteiger partial charge on any atom is 0.314 e. The van der Waals surface area contributed by atoms with E-state index in [0.29, 0.717) is 19.5 Å². The zero-order valence-corrected chi connectivity index (χ0v) is 9.47. The molecule has 0 unspecified atom stereocenters. The summed E-state index contributed by atoms with van der Waals surface area (Å²) < 4.78 is 4.51. The first-order valence-corrected chi connectivity index (χ1v) is 5.29. The van der Waals surface area contributed by atoms with Crippen LogP contribution in [0.1, 0.15) is 32.6 Å². The van der Waals surface area contributed by atoms with E-state index in [2.05, 4.69) is 15.4 Å². The molecule has 2 amide bonds. The highest BCUT2D eigenvalue weighted by atomic mass is 16.5. The monoisotopic (exact) mass is 216 g/mol. The molecule has 0 bridgehead atoms. The molecule has 0 aliphatic heterocycles. The fraction of sp³-hybridized carbons (Fsp3) is 0.800. The van der Waals surface area contributed by atoms with Crippen molar-refractivity contribution in [2.24, 2.45) is 0 Å². The summed E-state index contributed by atoms with van der Waals surface area (Å²) in [5, 5.41) is 5.36. The third-order valence-corrected chi connectivity index (χ3v) is 1.91. The summed E-state index contributed by atoms with van der Waals surface area (Å²) >= 11 is 0. The Kier molecular flexibility index (Phi) is 8.52. The van der Waals surface area contributed by atoms with Gasteiger partial charge in [-0.05, 0) is 19.8 Å². The minimum atomic E-state index is -0.174. The second kappa shape index (κ2) is 9.30. The van der Waals surface area contributed by atoms with Crippen molar-refractivity contribution in [2.45, 2.75) is 32.6 Å². The van der Waals surface area contributed by atoms with E-state index in [4.69, 9.17) is 0 Å². The summed E-state index contributed by atoms with van der Waals surface area (Å²) in [5.41, 5.74) is 0. The first-order valence-electron chi connectivity index (χ1n) is 5.29. The van der Waals surface area contributed by atoms with Gasteiger partial charge in [0.15, 0.2) is 0 Å². The Bertz CT molecular complexity index is 195. The quantitative estimate of drug-likeness (QED) is 0.493. The highest BCUT2D eigenvalue weighted by molar-refractivity contribution is 5.73. The van der Waals surface area contributed by atoms with E-state index in [-0.39, 0.29) is 12.0 Å². The Hall–Kier alpha value is -1.26. The number of nitrogens with one attached hydrogen (secondary N) is 2. The van der Waals surface area contributed by atoms with Crippen molar-refractivity contribution in [3.8, 4) is 0 Å². The van der Waals surface area contributed by atoms with Crippen LogP contribution in [0.2, 0.25) is 0 Å². The third kappa shape index (κ3) is 9.05. The molecule has 0 saturated carbocycles. The number of esters is 1. The Morgan fingerprint density at radius 2 is 1.87 bits per heavy atom. The van der Waals surface area contributed by atoms with Gasteiger partial charge in [-0.1, -0.05) is 6.42 Å². The summed E-state index contributed by atoms with van der Waals surface area (Å²) in [6.45, 7) is 3.15. The van der Waals surface area contributed by atoms with Gasteiger partial charge in [-0.15, -0.1) is 0 Å². The van der Waals surface area contributed by atoms with E-state index in [0.717, 1.165) is 19.3 Å². The van der Waals surface area contributed by atoms with Crippen molar-refractivity contribution in [2.75, 3.05) is 20.2 Å². The van der Waals surface area contributed by atoms with Crippen LogP contribution >= 0.6 is 0 Å². The maximum atomic E-state index is 10.9. The fourth-order valence-electron chi connectivity index (χ4n) is 1.10. The molecule has 0 aliphatic carbocycles. The highest BCUT2D eigenvalue weighted by Gasteiger charge is 2.00. The molecular formula is C10H20N2O3. The number of rotatable bonds is 7. The second-order valence-electron chi connectivity index (χ2n) is 3.17.